The van der Waals surface area contributed by atoms with Gasteiger partial charge in [-0.15, -0.1) is 0 Å². The second kappa shape index (κ2) is 28.3. The molecule has 408 valence electrons. The molecule has 0 nitrogen and oxygen atoms in total. The maximum atomic E-state index is 3.45. The van der Waals surface area contributed by atoms with E-state index >= 15 is 0 Å². The maximum Gasteiger partial charge on any atom is 0.179 e. The Bertz CT molecular complexity index is 4320. The second-order valence-electron chi connectivity index (χ2n) is 20.8. The summed E-state index contributed by atoms with van der Waals surface area (Å²) in [5.74, 6) is 53.5. The Morgan fingerprint density at radius 3 is 0.337 bits per heavy atom. The van der Waals surface area contributed by atoms with Crippen LogP contribution in [0.5, 0.6) is 0 Å². The van der Waals surface area contributed by atoms with Gasteiger partial charge in [0.1, 0.15) is 0 Å². The van der Waals surface area contributed by atoms with E-state index in [0.717, 1.165) is 89.0 Å². The summed E-state index contributed by atoms with van der Waals surface area (Å²) in [7, 11) is -3.14. The molecule has 0 aliphatic rings. The van der Waals surface area contributed by atoms with Crippen molar-refractivity contribution < 1.29 is 0 Å². The van der Waals surface area contributed by atoms with Crippen molar-refractivity contribution in [2.45, 2.75) is 0 Å². The molecule has 0 aliphatic heterocycles. The fourth-order valence-corrected chi connectivity index (χ4v) is 14.7. The van der Waals surface area contributed by atoms with Gasteiger partial charge in [0.25, 0.3) is 0 Å². The van der Waals surface area contributed by atoms with Gasteiger partial charge in [0.15, 0.2) is 8.07 Å². The standard InChI is InChI=1S/C88H52Si/c1-5-13-69(14-6-1)21-25-73-29-37-77(38-30-73)45-49-81-53-61-85(62-54-81)89(86-63-55-82(56-64-86)50-46-78-39-31-74(32-40-78)26-22-70-15-7-2-8-16-70,87-65-57-83(58-66-87)51-47-79-41-33-75(34-42-79)27-23-71-17-9-3-10-18-71)88-67-59-84(60-68-88)52-48-80-43-35-76(36-44-80)28-24-72-19-11-4-12-20-72/h1-20,29-44,53-68H. The summed E-state index contributed by atoms with van der Waals surface area (Å²) in [6, 6.07) is 108. The first-order valence-electron chi connectivity index (χ1n) is 29.2. The molecule has 0 saturated heterocycles. The Balaban J connectivity index is 0.897. The lowest BCUT2D eigenvalue weighted by molar-refractivity contribution is 1.58. The largest absolute Gasteiger partial charge is 0.179 e. The predicted molar refractivity (Wildman–Crippen MR) is 369 cm³/mol. The summed E-state index contributed by atoms with van der Waals surface area (Å²) in [6.07, 6.45) is 0. The van der Waals surface area contributed by atoms with Gasteiger partial charge in [-0.3, -0.25) is 0 Å². The number of benzene rings is 12. The van der Waals surface area contributed by atoms with E-state index < -0.39 is 8.07 Å². The summed E-state index contributed by atoms with van der Waals surface area (Å²) in [5.41, 5.74) is 15.0. The SMILES string of the molecule is C(#Cc1ccc(C#Cc2ccc([Si](c3ccc(C#Cc4ccc(C#Cc5ccccc5)cc4)cc3)(c3ccc(C#Cc4ccc(C#Cc5ccccc5)cc4)cc3)c3ccc(C#Cc4ccc(C#Cc5ccccc5)cc4)cc3)cc2)cc1)c1ccccc1. The first-order chi connectivity index (χ1) is 44.0. The number of hydrogen-bond acceptors (Lipinski definition) is 0. The van der Waals surface area contributed by atoms with Gasteiger partial charge in [0.05, 0.1) is 0 Å². The van der Waals surface area contributed by atoms with Crippen molar-refractivity contribution in [1.29, 1.82) is 0 Å². The number of rotatable bonds is 4. The third-order valence-corrected chi connectivity index (χ3v) is 19.5. The third kappa shape index (κ3) is 15.2. The molecule has 0 spiro atoms. The Morgan fingerprint density at radius 2 is 0.213 bits per heavy atom. The molecule has 12 rings (SSSR count). The van der Waals surface area contributed by atoms with E-state index in [9.17, 15) is 0 Å². The lowest BCUT2D eigenvalue weighted by atomic mass is 10.1. The number of hydrogen-bond donors (Lipinski definition) is 0. The van der Waals surface area contributed by atoms with Gasteiger partial charge in [-0.2, -0.15) is 0 Å². The van der Waals surface area contributed by atoms with E-state index in [0.29, 0.717) is 0 Å². The van der Waals surface area contributed by atoms with Gasteiger partial charge < -0.3 is 0 Å². The molecule has 0 aromatic heterocycles. The van der Waals surface area contributed by atoms with Gasteiger partial charge in [0, 0.05) is 89.0 Å². The normalized spacial score (nSPS) is 9.98. The lowest BCUT2D eigenvalue weighted by Crippen LogP contribution is -2.74. The van der Waals surface area contributed by atoms with Crippen LogP contribution >= 0.6 is 0 Å². The van der Waals surface area contributed by atoms with Gasteiger partial charge >= 0.3 is 0 Å². The molecule has 0 saturated carbocycles. The van der Waals surface area contributed by atoms with Crippen LogP contribution in [0.3, 0.4) is 0 Å². The van der Waals surface area contributed by atoms with Crippen LogP contribution in [-0.2, 0) is 0 Å². The molecule has 1 heteroatoms. The fourth-order valence-electron chi connectivity index (χ4n) is 10.0. The van der Waals surface area contributed by atoms with Crippen molar-refractivity contribution in [3.05, 3.63) is 404 Å². The van der Waals surface area contributed by atoms with Crippen molar-refractivity contribution in [1.82, 2.24) is 0 Å². The minimum absolute atomic E-state index is 0.912. The summed E-state index contributed by atoms with van der Waals surface area (Å²) >= 11 is 0. The first kappa shape index (κ1) is 56.8. The average Bonchev–Trinajstić information content (AvgIpc) is 0.822. The highest BCUT2D eigenvalue weighted by Crippen LogP contribution is 2.16. The summed E-state index contributed by atoms with van der Waals surface area (Å²) < 4.78 is 0. The van der Waals surface area contributed by atoms with E-state index in [2.05, 4.69) is 192 Å². The molecule has 0 aliphatic carbocycles. The van der Waals surface area contributed by atoms with E-state index in [1.165, 1.54) is 20.7 Å². The van der Waals surface area contributed by atoms with Gasteiger partial charge in [-0.05, 0) is 215 Å². The zero-order valence-electron chi connectivity index (χ0n) is 48.5. The second-order valence-corrected chi connectivity index (χ2v) is 24.6. The molecule has 0 unspecified atom stereocenters. The van der Waals surface area contributed by atoms with E-state index in [4.69, 9.17) is 0 Å². The summed E-state index contributed by atoms with van der Waals surface area (Å²) in [4.78, 5) is 0. The predicted octanol–water partition coefficient (Wildman–Crippen LogP) is 14.3. The van der Waals surface area contributed by atoms with E-state index in [1.54, 1.807) is 0 Å². The van der Waals surface area contributed by atoms with Gasteiger partial charge in [0.2, 0.25) is 0 Å². The van der Waals surface area contributed by atoms with Crippen molar-refractivity contribution >= 4 is 28.8 Å². The van der Waals surface area contributed by atoms with Crippen LogP contribution in [0, 0.1) is 94.7 Å². The highest BCUT2D eigenvalue weighted by molar-refractivity contribution is 7.19. The van der Waals surface area contributed by atoms with Gasteiger partial charge in [-0.1, -0.05) is 216 Å². The first-order valence-corrected chi connectivity index (χ1v) is 31.2. The highest BCUT2D eigenvalue weighted by atomic mass is 28.3. The van der Waals surface area contributed by atoms with Crippen LogP contribution in [0.25, 0.3) is 0 Å². The molecule has 0 bridgehead atoms. The van der Waals surface area contributed by atoms with E-state index in [-0.39, 0.29) is 0 Å². The minimum atomic E-state index is -3.14. The fraction of sp³-hybridized carbons (Fsp3) is 0. The molecule has 12 aromatic rings. The van der Waals surface area contributed by atoms with Crippen LogP contribution < -0.4 is 20.7 Å². The summed E-state index contributed by atoms with van der Waals surface area (Å²) in [5, 5.41) is 4.79. The Kier molecular flexibility index (Phi) is 18.0. The lowest BCUT2D eigenvalue weighted by Gasteiger charge is -2.34. The minimum Gasteiger partial charge on any atom is -0.0622 e. The van der Waals surface area contributed by atoms with Crippen LogP contribution in [0.2, 0.25) is 0 Å². The molecule has 0 heterocycles. The van der Waals surface area contributed by atoms with Crippen molar-refractivity contribution in [3.63, 3.8) is 0 Å². The van der Waals surface area contributed by atoms with Crippen LogP contribution in [0.15, 0.2) is 315 Å². The molecular weight excluding hydrogens is 1090 g/mol. The average molecular weight is 1140 g/mol. The zero-order valence-corrected chi connectivity index (χ0v) is 49.5. The molecular formula is C88H52Si. The zero-order chi connectivity index (χ0) is 60.1. The maximum absolute atomic E-state index is 3.45. The Hall–Kier alpha value is -12.7. The van der Waals surface area contributed by atoms with Crippen molar-refractivity contribution in [3.8, 4) is 94.7 Å². The molecule has 89 heavy (non-hydrogen) atoms. The molecule has 0 radical (unpaired) electrons. The van der Waals surface area contributed by atoms with E-state index in [1.807, 2.05) is 218 Å². The quantitative estimate of drug-likeness (QED) is 0.0936. The Morgan fingerprint density at radius 1 is 0.112 bits per heavy atom. The van der Waals surface area contributed by atoms with Crippen LogP contribution in [0.1, 0.15) is 89.0 Å². The topological polar surface area (TPSA) is 0 Å². The van der Waals surface area contributed by atoms with Gasteiger partial charge in [-0.25, -0.2) is 0 Å². The monoisotopic (exact) mass is 1140 g/mol. The van der Waals surface area contributed by atoms with Crippen molar-refractivity contribution in [2.75, 3.05) is 0 Å². The van der Waals surface area contributed by atoms with Crippen LogP contribution in [0.4, 0.5) is 0 Å². The van der Waals surface area contributed by atoms with Crippen molar-refractivity contribution in [2.24, 2.45) is 0 Å². The highest BCUT2D eigenvalue weighted by Gasteiger charge is 2.41. The third-order valence-electron chi connectivity index (χ3n) is 14.7. The Labute approximate surface area is 524 Å². The smallest absolute Gasteiger partial charge is 0.0622 e. The molecule has 0 amide bonds. The molecule has 0 atom stereocenters. The summed E-state index contributed by atoms with van der Waals surface area (Å²) in [6.45, 7) is 0. The van der Waals surface area contributed by atoms with Crippen LogP contribution in [-0.4, -0.2) is 8.07 Å². The molecule has 0 N–H and O–H groups in total. The molecule has 0 fully saturated rings. The molecule has 12 aromatic carbocycles.